The third-order valence-corrected chi connectivity index (χ3v) is 4.37. The van der Waals surface area contributed by atoms with Crippen LogP contribution in [0.25, 0.3) is 0 Å². The molecule has 2 unspecified atom stereocenters. The third kappa shape index (κ3) is 1.19. The van der Waals surface area contributed by atoms with Crippen LogP contribution in [0.4, 0.5) is 0 Å². The Kier molecular flexibility index (Phi) is 2.31. The minimum atomic E-state index is -0.0950. The van der Waals surface area contributed by atoms with Gasteiger partial charge < -0.3 is 5.11 Å². The van der Waals surface area contributed by atoms with E-state index < -0.39 is 0 Å². The predicted molar refractivity (Wildman–Crippen MR) is 46.3 cm³/mol. The first-order valence-corrected chi connectivity index (χ1v) is 4.93. The topological polar surface area (TPSA) is 20.2 Å². The Morgan fingerprint density at radius 1 is 1.60 bits per heavy atom. The average Bonchev–Trinajstić information content (AvgIpc) is 2.10. The third-order valence-electron chi connectivity index (χ3n) is 2.51. The van der Waals surface area contributed by atoms with E-state index >= 15 is 0 Å². The van der Waals surface area contributed by atoms with Crippen molar-refractivity contribution in [3.05, 3.63) is 0 Å². The van der Waals surface area contributed by atoms with E-state index in [9.17, 15) is 5.11 Å². The smallest absolute Gasteiger partial charge is 0.0692 e. The van der Waals surface area contributed by atoms with Crippen LogP contribution >= 0.6 is 11.8 Å². The van der Waals surface area contributed by atoms with Crippen molar-refractivity contribution < 1.29 is 5.11 Å². The molecule has 60 valence electrons. The number of aliphatic hydroxyl groups excluding tert-OH is 1. The molecule has 1 fully saturated rings. The fourth-order valence-corrected chi connectivity index (χ4v) is 3.16. The van der Waals surface area contributed by atoms with Gasteiger partial charge in [0.25, 0.3) is 0 Å². The van der Waals surface area contributed by atoms with Gasteiger partial charge in [-0.25, -0.2) is 0 Å². The quantitative estimate of drug-likeness (QED) is 0.632. The summed E-state index contributed by atoms with van der Waals surface area (Å²) in [5.41, 5.74) is 0.138. The molecule has 0 radical (unpaired) electrons. The maximum Gasteiger partial charge on any atom is 0.0692 e. The highest BCUT2D eigenvalue weighted by atomic mass is 32.2. The Bertz CT molecular complexity index is 122. The van der Waals surface area contributed by atoms with Gasteiger partial charge in [0.15, 0.2) is 0 Å². The summed E-state index contributed by atoms with van der Waals surface area (Å²) in [6.45, 7) is 6.51. The Labute approximate surface area is 67.2 Å². The number of hydrogen-bond acceptors (Lipinski definition) is 2. The molecule has 1 nitrogen and oxygen atoms in total. The van der Waals surface area contributed by atoms with Crippen LogP contribution in [0.2, 0.25) is 0 Å². The van der Waals surface area contributed by atoms with Crippen LogP contribution < -0.4 is 0 Å². The first-order chi connectivity index (χ1) is 4.59. The van der Waals surface area contributed by atoms with Crippen LogP contribution in [-0.2, 0) is 0 Å². The van der Waals surface area contributed by atoms with E-state index in [4.69, 9.17) is 0 Å². The summed E-state index contributed by atoms with van der Waals surface area (Å²) in [6, 6.07) is 0. The summed E-state index contributed by atoms with van der Waals surface area (Å²) in [6.07, 6.45) is 1.08. The highest BCUT2D eigenvalue weighted by Gasteiger charge is 2.41. The van der Waals surface area contributed by atoms with Crippen LogP contribution in [0.3, 0.4) is 0 Å². The van der Waals surface area contributed by atoms with Crippen LogP contribution in [-0.4, -0.2) is 22.2 Å². The highest BCUT2D eigenvalue weighted by Crippen LogP contribution is 2.43. The fraction of sp³-hybridized carbons (Fsp3) is 1.00. The van der Waals surface area contributed by atoms with Crippen molar-refractivity contribution in [2.24, 2.45) is 5.41 Å². The lowest BCUT2D eigenvalue weighted by Gasteiger charge is -2.27. The average molecular weight is 160 g/mol. The Morgan fingerprint density at radius 2 is 2.20 bits per heavy atom. The molecule has 1 rings (SSSR count). The van der Waals surface area contributed by atoms with Crippen molar-refractivity contribution in [2.75, 3.05) is 5.75 Å². The zero-order valence-electron chi connectivity index (χ0n) is 6.92. The molecule has 0 bridgehead atoms. The van der Waals surface area contributed by atoms with Crippen molar-refractivity contribution in [1.82, 2.24) is 0 Å². The van der Waals surface area contributed by atoms with E-state index in [1.54, 1.807) is 0 Å². The molecule has 0 aromatic carbocycles. The number of aliphatic hydroxyl groups is 1. The molecule has 0 aliphatic carbocycles. The second-order valence-electron chi connectivity index (χ2n) is 3.57. The minimum absolute atomic E-state index is 0.0950. The van der Waals surface area contributed by atoms with Crippen LogP contribution in [0.5, 0.6) is 0 Å². The molecule has 1 heterocycles. The molecule has 0 saturated carbocycles. The molecule has 0 spiro atoms. The fourth-order valence-electron chi connectivity index (χ4n) is 1.50. The molecule has 1 N–H and O–H groups in total. The summed E-state index contributed by atoms with van der Waals surface area (Å²) >= 11 is 1.91. The van der Waals surface area contributed by atoms with Gasteiger partial charge in [-0.15, -0.1) is 0 Å². The summed E-state index contributed by atoms with van der Waals surface area (Å²) < 4.78 is 0. The standard InChI is InChI=1S/C8H16OS/c1-4-7-8(2,3)6(9)5-10-7/h6-7,9H,4-5H2,1-3H3. The van der Waals surface area contributed by atoms with Gasteiger partial charge >= 0.3 is 0 Å². The van der Waals surface area contributed by atoms with Gasteiger partial charge in [-0.1, -0.05) is 20.8 Å². The Balaban J connectivity index is 2.64. The first kappa shape index (κ1) is 8.41. The molecule has 2 atom stereocenters. The van der Waals surface area contributed by atoms with Crippen molar-refractivity contribution in [2.45, 2.75) is 38.5 Å². The van der Waals surface area contributed by atoms with Crippen LogP contribution in [0.1, 0.15) is 27.2 Å². The molecule has 0 aromatic heterocycles. The molecule has 0 aromatic rings. The van der Waals surface area contributed by atoms with Crippen molar-refractivity contribution in [3.63, 3.8) is 0 Å². The Hall–Kier alpha value is 0.310. The van der Waals surface area contributed by atoms with Gasteiger partial charge in [0.2, 0.25) is 0 Å². The van der Waals surface area contributed by atoms with Gasteiger partial charge in [-0.3, -0.25) is 0 Å². The second kappa shape index (κ2) is 2.74. The molecule has 0 amide bonds. The van der Waals surface area contributed by atoms with E-state index in [-0.39, 0.29) is 11.5 Å². The largest absolute Gasteiger partial charge is 0.392 e. The number of thioether (sulfide) groups is 1. The van der Waals surface area contributed by atoms with E-state index in [1.165, 1.54) is 6.42 Å². The summed E-state index contributed by atoms with van der Waals surface area (Å²) in [7, 11) is 0. The minimum Gasteiger partial charge on any atom is -0.392 e. The Morgan fingerprint density at radius 3 is 2.40 bits per heavy atom. The van der Waals surface area contributed by atoms with Crippen LogP contribution in [0, 0.1) is 5.41 Å². The highest BCUT2D eigenvalue weighted by molar-refractivity contribution is 8.00. The summed E-state index contributed by atoms with van der Waals surface area (Å²) in [5.74, 6) is 0.922. The molecule has 2 heteroatoms. The van der Waals surface area contributed by atoms with E-state index in [0.717, 1.165) is 5.75 Å². The van der Waals surface area contributed by atoms with E-state index in [1.807, 2.05) is 11.8 Å². The second-order valence-corrected chi connectivity index (χ2v) is 4.80. The number of hydrogen-bond donors (Lipinski definition) is 1. The molecular formula is C8H16OS. The lowest BCUT2D eigenvalue weighted by Crippen LogP contribution is -2.32. The lowest BCUT2D eigenvalue weighted by molar-refractivity contribution is 0.0789. The zero-order chi connectivity index (χ0) is 7.78. The maximum atomic E-state index is 9.54. The number of rotatable bonds is 1. The van der Waals surface area contributed by atoms with Gasteiger partial charge in [-0.2, -0.15) is 11.8 Å². The van der Waals surface area contributed by atoms with Crippen molar-refractivity contribution >= 4 is 11.8 Å². The molecule has 10 heavy (non-hydrogen) atoms. The van der Waals surface area contributed by atoms with E-state index in [0.29, 0.717) is 5.25 Å². The SMILES string of the molecule is CCC1SCC(O)C1(C)C. The van der Waals surface area contributed by atoms with Crippen molar-refractivity contribution in [3.8, 4) is 0 Å². The lowest BCUT2D eigenvalue weighted by atomic mass is 9.83. The zero-order valence-corrected chi connectivity index (χ0v) is 7.74. The summed E-state index contributed by atoms with van der Waals surface area (Å²) in [5, 5.41) is 10.2. The molecule has 1 aliphatic rings. The monoisotopic (exact) mass is 160 g/mol. The first-order valence-electron chi connectivity index (χ1n) is 3.88. The molecule has 1 saturated heterocycles. The van der Waals surface area contributed by atoms with Gasteiger partial charge in [0.1, 0.15) is 0 Å². The van der Waals surface area contributed by atoms with E-state index in [2.05, 4.69) is 20.8 Å². The molecular weight excluding hydrogens is 144 g/mol. The molecule has 1 aliphatic heterocycles. The van der Waals surface area contributed by atoms with Gasteiger partial charge in [0, 0.05) is 16.4 Å². The normalized spacial score (nSPS) is 38.4. The summed E-state index contributed by atoms with van der Waals surface area (Å²) in [4.78, 5) is 0. The maximum absolute atomic E-state index is 9.54. The van der Waals surface area contributed by atoms with Gasteiger partial charge in [-0.05, 0) is 6.42 Å². The van der Waals surface area contributed by atoms with Crippen molar-refractivity contribution in [1.29, 1.82) is 0 Å². The van der Waals surface area contributed by atoms with Crippen LogP contribution in [0.15, 0.2) is 0 Å². The van der Waals surface area contributed by atoms with Gasteiger partial charge in [0.05, 0.1) is 6.10 Å². The predicted octanol–water partition coefficient (Wildman–Crippen LogP) is 1.90.